The zero-order chi connectivity index (χ0) is 23.5. The van der Waals surface area contributed by atoms with Gasteiger partial charge in [0.15, 0.2) is 0 Å². The minimum Gasteiger partial charge on any atom is -0.308 e. The van der Waals surface area contributed by atoms with Gasteiger partial charge in [-0.2, -0.15) is 0 Å². The van der Waals surface area contributed by atoms with Crippen LogP contribution in [-0.2, 0) is 10.0 Å². The van der Waals surface area contributed by atoms with E-state index in [2.05, 4.69) is 15.4 Å². The van der Waals surface area contributed by atoms with Gasteiger partial charge in [-0.1, -0.05) is 17.7 Å². The first kappa shape index (κ1) is 23.0. The number of aryl methyl sites for hydroxylation is 1. The van der Waals surface area contributed by atoms with Gasteiger partial charge in [-0.3, -0.25) is 14.8 Å². The van der Waals surface area contributed by atoms with Crippen molar-refractivity contribution in [1.82, 2.24) is 0 Å². The number of carbonyl (C=O) groups is 1. The van der Waals surface area contributed by atoms with E-state index in [1.807, 2.05) is 0 Å². The maximum Gasteiger partial charge on any atom is 0.323 e. The smallest absolute Gasteiger partial charge is 0.308 e. The predicted octanol–water partition coefficient (Wildman–Crippen LogP) is 5.14. The molecular weight excluding hydrogens is 463 g/mol. The van der Waals surface area contributed by atoms with Gasteiger partial charge >= 0.3 is 6.03 Å². The van der Waals surface area contributed by atoms with E-state index in [0.29, 0.717) is 22.3 Å². The fourth-order valence-corrected chi connectivity index (χ4v) is 4.20. The number of carbonyl (C=O) groups excluding carboxylic acids is 1. The number of nitro groups is 1. The molecule has 166 valence electrons. The van der Waals surface area contributed by atoms with Gasteiger partial charge in [-0.25, -0.2) is 17.6 Å². The molecule has 3 N–H and O–H groups in total. The van der Waals surface area contributed by atoms with Crippen LogP contribution in [0, 0.1) is 22.9 Å². The van der Waals surface area contributed by atoms with Crippen molar-refractivity contribution in [2.45, 2.75) is 11.8 Å². The van der Waals surface area contributed by atoms with Gasteiger partial charge in [0.1, 0.15) is 11.5 Å². The van der Waals surface area contributed by atoms with Crippen molar-refractivity contribution in [1.29, 1.82) is 0 Å². The van der Waals surface area contributed by atoms with Gasteiger partial charge in [0.2, 0.25) is 0 Å². The molecule has 0 aliphatic carbocycles. The summed E-state index contributed by atoms with van der Waals surface area (Å²) in [5.74, 6) is -0.829. The molecule has 0 atom stereocenters. The van der Waals surface area contributed by atoms with Gasteiger partial charge in [0, 0.05) is 16.4 Å². The zero-order valence-corrected chi connectivity index (χ0v) is 18.0. The van der Waals surface area contributed by atoms with Gasteiger partial charge in [-0.05, 0) is 61.0 Å². The van der Waals surface area contributed by atoms with E-state index < -0.39 is 32.5 Å². The van der Waals surface area contributed by atoms with Crippen LogP contribution in [0.25, 0.3) is 0 Å². The summed E-state index contributed by atoms with van der Waals surface area (Å²) in [5.41, 5.74) is -0.00721. The number of anilines is 3. The van der Waals surface area contributed by atoms with E-state index >= 15 is 0 Å². The number of nitro benzene ring substituents is 1. The number of benzene rings is 3. The molecule has 2 amide bonds. The maximum atomic E-state index is 13.3. The zero-order valence-electron chi connectivity index (χ0n) is 16.4. The van der Waals surface area contributed by atoms with E-state index in [4.69, 9.17) is 11.6 Å². The van der Waals surface area contributed by atoms with E-state index in [-0.39, 0.29) is 16.3 Å². The Bertz CT molecular complexity index is 1300. The molecule has 0 aromatic heterocycles. The summed E-state index contributed by atoms with van der Waals surface area (Å²) >= 11 is 5.81. The topological polar surface area (TPSA) is 130 Å². The molecule has 0 unspecified atom stereocenters. The number of hydrogen-bond acceptors (Lipinski definition) is 5. The van der Waals surface area contributed by atoms with Crippen LogP contribution in [0.1, 0.15) is 5.56 Å². The molecule has 0 heterocycles. The molecule has 12 heteroatoms. The van der Waals surface area contributed by atoms with Gasteiger partial charge in [0.05, 0.1) is 15.9 Å². The summed E-state index contributed by atoms with van der Waals surface area (Å²) in [6.45, 7) is 1.59. The van der Waals surface area contributed by atoms with Crippen molar-refractivity contribution >= 4 is 50.4 Å². The summed E-state index contributed by atoms with van der Waals surface area (Å²) in [7, 11) is -3.99. The average molecular weight is 479 g/mol. The number of rotatable bonds is 6. The minimum absolute atomic E-state index is 0.0852. The monoisotopic (exact) mass is 478 g/mol. The molecule has 0 aliphatic rings. The second-order valence-electron chi connectivity index (χ2n) is 6.59. The first-order chi connectivity index (χ1) is 15.0. The summed E-state index contributed by atoms with van der Waals surface area (Å²) in [6.07, 6.45) is 0. The van der Waals surface area contributed by atoms with Crippen LogP contribution in [0.5, 0.6) is 0 Å². The lowest BCUT2D eigenvalue weighted by atomic mass is 10.2. The van der Waals surface area contributed by atoms with Crippen LogP contribution in [0.4, 0.5) is 31.9 Å². The standard InChI is InChI=1S/C20H16ClFN4O5S/c1-12-2-6-16(11-19(12)32(30,31)25-15-7-3-13(21)4-8-15)23-20(27)24-17-9-5-14(22)10-18(17)26(28)29/h2-11,25H,1H3,(H2,23,24,27). The molecule has 0 bridgehead atoms. The molecule has 3 aromatic rings. The van der Waals surface area contributed by atoms with Crippen LogP contribution in [-0.4, -0.2) is 19.4 Å². The second kappa shape index (κ2) is 9.20. The van der Waals surface area contributed by atoms with Crippen molar-refractivity contribution in [3.05, 3.63) is 87.2 Å². The third kappa shape index (κ3) is 5.50. The molecule has 0 spiro atoms. The summed E-state index contributed by atoms with van der Waals surface area (Å²) in [4.78, 5) is 22.4. The molecule has 9 nitrogen and oxygen atoms in total. The van der Waals surface area contributed by atoms with Gasteiger partial charge in [-0.15, -0.1) is 0 Å². The molecule has 0 fully saturated rings. The Morgan fingerprint density at radius 2 is 1.66 bits per heavy atom. The van der Waals surface area contributed by atoms with E-state index in [0.717, 1.165) is 12.1 Å². The Morgan fingerprint density at radius 1 is 1.00 bits per heavy atom. The van der Waals surface area contributed by atoms with Crippen LogP contribution in [0.15, 0.2) is 65.6 Å². The number of nitrogens with one attached hydrogen (secondary N) is 3. The number of hydrogen-bond donors (Lipinski definition) is 3. The number of amides is 2. The lowest BCUT2D eigenvalue weighted by Gasteiger charge is -2.13. The van der Waals surface area contributed by atoms with Gasteiger partial charge < -0.3 is 10.6 Å². The highest BCUT2D eigenvalue weighted by Crippen LogP contribution is 2.26. The highest BCUT2D eigenvalue weighted by molar-refractivity contribution is 7.92. The minimum atomic E-state index is -3.99. The Labute approximate surface area is 187 Å². The Hall–Kier alpha value is -3.70. The Kier molecular flexibility index (Phi) is 6.61. The first-order valence-electron chi connectivity index (χ1n) is 8.96. The third-order valence-electron chi connectivity index (χ3n) is 4.24. The van der Waals surface area contributed by atoms with Gasteiger partial charge in [0.25, 0.3) is 15.7 Å². The van der Waals surface area contributed by atoms with E-state index in [9.17, 15) is 27.7 Å². The molecule has 32 heavy (non-hydrogen) atoms. The number of urea groups is 1. The Balaban J connectivity index is 1.80. The van der Waals surface area contributed by atoms with Crippen molar-refractivity contribution in [3.63, 3.8) is 0 Å². The highest BCUT2D eigenvalue weighted by Gasteiger charge is 2.20. The summed E-state index contributed by atoms with van der Waals surface area (Å²) < 4.78 is 41.3. The fraction of sp³-hybridized carbons (Fsp3) is 0.0500. The van der Waals surface area contributed by atoms with Crippen molar-refractivity contribution < 1.29 is 22.5 Å². The third-order valence-corrected chi connectivity index (χ3v) is 6.01. The maximum absolute atomic E-state index is 13.3. The molecule has 0 saturated carbocycles. The van der Waals surface area contributed by atoms with Crippen molar-refractivity contribution in [2.24, 2.45) is 0 Å². The van der Waals surface area contributed by atoms with E-state index in [1.165, 1.54) is 42.5 Å². The van der Waals surface area contributed by atoms with Crippen LogP contribution in [0.2, 0.25) is 5.02 Å². The van der Waals surface area contributed by atoms with Crippen LogP contribution < -0.4 is 15.4 Å². The SMILES string of the molecule is Cc1ccc(NC(=O)Nc2ccc(F)cc2[N+](=O)[O-])cc1S(=O)(=O)Nc1ccc(Cl)cc1. The average Bonchev–Trinajstić information content (AvgIpc) is 2.72. The molecule has 0 radical (unpaired) electrons. The molecule has 0 aliphatic heterocycles. The molecule has 3 rings (SSSR count). The number of sulfonamides is 1. The largest absolute Gasteiger partial charge is 0.323 e. The number of nitrogens with zero attached hydrogens (tertiary/aromatic N) is 1. The first-order valence-corrected chi connectivity index (χ1v) is 10.8. The summed E-state index contributed by atoms with van der Waals surface area (Å²) in [6, 6.07) is 12.1. The van der Waals surface area contributed by atoms with Crippen molar-refractivity contribution in [3.8, 4) is 0 Å². The Morgan fingerprint density at radius 3 is 2.31 bits per heavy atom. The fourth-order valence-electron chi connectivity index (χ4n) is 2.74. The second-order valence-corrected chi connectivity index (χ2v) is 8.68. The molecule has 3 aromatic carbocycles. The highest BCUT2D eigenvalue weighted by atomic mass is 35.5. The van der Waals surface area contributed by atoms with Crippen molar-refractivity contribution in [2.75, 3.05) is 15.4 Å². The predicted molar refractivity (Wildman–Crippen MR) is 119 cm³/mol. The number of halogens is 2. The lowest BCUT2D eigenvalue weighted by molar-refractivity contribution is -0.384. The van der Waals surface area contributed by atoms with Crippen LogP contribution in [0.3, 0.4) is 0 Å². The van der Waals surface area contributed by atoms with E-state index in [1.54, 1.807) is 6.92 Å². The quantitative estimate of drug-likeness (QED) is 0.333. The lowest BCUT2D eigenvalue weighted by Crippen LogP contribution is -2.21. The normalized spacial score (nSPS) is 11.0. The summed E-state index contributed by atoms with van der Waals surface area (Å²) in [5, 5.41) is 16.2. The molecular formula is C20H16ClFN4O5S. The molecule has 0 saturated heterocycles. The van der Waals surface area contributed by atoms with Crippen LogP contribution >= 0.6 is 11.6 Å².